The Hall–Kier alpha value is -1.35. The zero-order valence-electron chi connectivity index (χ0n) is 11.6. The highest BCUT2D eigenvalue weighted by Crippen LogP contribution is 2.32. The molecule has 0 aromatic heterocycles. The Balaban J connectivity index is 1.86. The van der Waals surface area contributed by atoms with Gasteiger partial charge in [0, 0.05) is 12.5 Å². The highest BCUT2D eigenvalue weighted by molar-refractivity contribution is 5.66. The van der Waals surface area contributed by atoms with Crippen LogP contribution in [0.4, 0.5) is 0 Å². The third-order valence-electron chi connectivity index (χ3n) is 3.91. The molecule has 1 saturated heterocycles. The molecule has 0 radical (unpaired) electrons. The average Bonchev–Trinajstić information content (AvgIpc) is 2.84. The van der Waals surface area contributed by atoms with E-state index in [9.17, 15) is 4.79 Å². The summed E-state index contributed by atoms with van der Waals surface area (Å²) < 4.78 is 0. The van der Waals surface area contributed by atoms with Crippen molar-refractivity contribution in [3.63, 3.8) is 0 Å². The van der Waals surface area contributed by atoms with Gasteiger partial charge in [-0.2, -0.15) is 0 Å². The maximum atomic E-state index is 10.5. The molecule has 1 aliphatic heterocycles. The largest absolute Gasteiger partial charge is 0.481 e. The van der Waals surface area contributed by atoms with Gasteiger partial charge in [0.25, 0.3) is 0 Å². The molecule has 19 heavy (non-hydrogen) atoms. The first kappa shape index (κ1) is 14.1. The maximum absolute atomic E-state index is 10.5. The van der Waals surface area contributed by atoms with Gasteiger partial charge in [0.2, 0.25) is 0 Å². The molecule has 0 spiro atoms. The Labute approximate surface area is 115 Å². The van der Waals surface area contributed by atoms with Crippen molar-refractivity contribution in [1.29, 1.82) is 0 Å². The van der Waals surface area contributed by atoms with Crippen LogP contribution in [0.25, 0.3) is 0 Å². The fraction of sp³-hybridized carbons (Fsp3) is 0.562. The molecule has 0 aliphatic carbocycles. The molecule has 1 aromatic carbocycles. The van der Waals surface area contributed by atoms with Crippen LogP contribution in [0.5, 0.6) is 0 Å². The number of rotatable bonds is 6. The van der Waals surface area contributed by atoms with E-state index in [0.717, 1.165) is 25.9 Å². The predicted octanol–water partition coefficient (Wildman–Crippen LogP) is 3.39. The number of unbranched alkanes of at least 4 members (excludes halogenated alkanes) is 1. The molecule has 1 N–H and O–H groups in total. The van der Waals surface area contributed by atoms with Gasteiger partial charge in [-0.1, -0.05) is 29.8 Å². The van der Waals surface area contributed by atoms with Gasteiger partial charge in [-0.25, -0.2) is 0 Å². The molecule has 1 aliphatic rings. The molecule has 3 nitrogen and oxygen atoms in total. The molecule has 104 valence electrons. The molecule has 1 heterocycles. The summed E-state index contributed by atoms with van der Waals surface area (Å²) in [5.41, 5.74) is 2.70. The average molecular weight is 261 g/mol. The normalized spacial score (nSPS) is 19.7. The smallest absolute Gasteiger partial charge is 0.303 e. The zero-order valence-corrected chi connectivity index (χ0v) is 11.6. The van der Waals surface area contributed by atoms with Crippen LogP contribution in [-0.2, 0) is 4.79 Å². The van der Waals surface area contributed by atoms with Gasteiger partial charge in [-0.15, -0.1) is 0 Å². The van der Waals surface area contributed by atoms with Gasteiger partial charge < -0.3 is 5.11 Å². The first-order chi connectivity index (χ1) is 9.16. The van der Waals surface area contributed by atoms with Crippen LogP contribution in [0.2, 0.25) is 0 Å². The van der Waals surface area contributed by atoms with Crippen molar-refractivity contribution in [1.82, 2.24) is 4.90 Å². The lowest BCUT2D eigenvalue weighted by atomic mass is 10.0. The molecule has 1 atom stereocenters. The van der Waals surface area contributed by atoms with E-state index < -0.39 is 5.97 Å². The summed E-state index contributed by atoms with van der Waals surface area (Å²) in [5.74, 6) is -0.684. The van der Waals surface area contributed by atoms with E-state index in [1.807, 2.05) is 0 Å². The summed E-state index contributed by atoms with van der Waals surface area (Å²) in [6.45, 7) is 4.28. The van der Waals surface area contributed by atoms with Gasteiger partial charge in [-0.3, -0.25) is 9.69 Å². The first-order valence-corrected chi connectivity index (χ1v) is 7.19. The van der Waals surface area contributed by atoms with Crippen molar-refractivity contribution >= 4 is 5.97 Å². The number of carbonyl (C=O) groups is 1. The second-order valence-electron chi connectivity index (χ2n) is 5.46. The summed E-state index contributed by atoms with van der Waals surface area (Å²) in [6, 6.07) is 9.35. The van der Waals surface area contributed by atoms with Crippen LogP contribution >= 0.6 is 0 Å². The molecule has 1 aromatic rings. The molecular formula is C16H23NO2. The number of benzene rings is 1. The summed E-state index contributed by atoms with van der Waals surface area (Å²) in [6.07, 6.45) is 4.53. The Bertz CT molecular complexity index is 413. The van der Waals surface area contributed by atoms with E-state index in [2.05, 4.69) is 36.1 Å². The van der Waals surface area contributed by atoms with E-state index in [4.69, 9.17) is 5.11 Å². The number of hydrogen-bond acceptors (Lipinski definition) is 2. The van der Waals surface area contributed by atoms with E-state index in [1.165, 1.54) is 24.0 Å². The maximum Gasteiger partial charge on any atom is 0.303 e. The molecule has 2 rings (SSSR count). The third-order valence-corrected chi connectivity index (χ3v) is 3.91. The van der Waals surface area contributed by atoms with Crippen LogP contribution in [0.15, 0.2) is 24.3 Å². The number of aryl methyl sites for hydroxylation is 1. The lowest BCUT2D eigenvalue weighted by Crippen LogP contribution is -2.24. The lowest BCUT2D eigenvalue weighted by Gasteiger charge is -2.24. The van der Waals surface area contributed by atoms with Crippen LogP contribution < -0.4 is 0 Å². The van der Waals surface area contributed by atoms with Crippen molar-refractivity contribution in [3.8, 4) is 0 Å². The number of aliphatic carboxylic acids is 1. The fourth-order valence-electron chi connectivity index (χ4n) is 2.85. The second-order valence-corrected chi connectivity index (χ2v) is 5.46. The minimum atomic E-state index is -0.684. The predicted molar refractivity (Wildman–Crippen MR) is 76.2 cm³/mol. The van der Waals surface area contributed by atoms with Crippen molar-refractivity contribution in [2.75, 3.05) is 13.1 Å². The highest BCUT2D eigenvalue weighted by atomic mass is 16.4. The molecule has 1 unspecified atom stereocenters. The number of carboxylic acids is 1. The molecule has 0 bridgehead atoms. The number of likely N-dealkylation sites (tertiary alicyclic amines) is 1. The summed E-state index contributed by atoms with van der Waals surface area (Å²) in [7, 11) is 0. The Kier molecular flexibility index (Phi) is 4.97. The summed E-state index contributed by atoms with van der Waals surface area (Å²) in [5, 5.41) is 8.65. The van der Waals surface area contributed by atoms with Gasteiger partial charge in [-0.05, 0) is 51.3 Å². The third kappa shape index (κ3) is 4.06. The van der Waals surface area contributed by atoms with Crippen molar-refractivity contribution < 1.29 is 9.90 Å². The molecule has 1 fully saturated rings. The standard InChI is InChI=1S/C16H23NO2/c1-13-7-9-14(10-8-13)15-5-4-12-17(15)11-3-2-6-16(18)19/h7-10,15H,2-6,11-12H2,1H3,(H,18,19). The van der Waals surface area contributed by atoms with Gasteiger partial charge in [0.05, 0.1) is 0 Å². The number of carboxylic acid groups (broad SMARTS) is 1. The second kappa shape index (κ2) is 6.71. The van der Waals surface area contributed by atoms with Crippen LogP contribution in [0.1, 0.15) is 49.3 Å². The van der Waals surface area contributed by atoms with Crippen molar-refractivity contribution in [3.05, 3.63) is 35.4 Å². The van der Waals surface area contributed by atoms with Gasteiger partial charge in [0.1, 0.15) is 0 Å². The fourth-order valence-corrected chi connectivity index (χ4v) is 2.85. The van der Waals surface area contributed by atoms with Gasteiger partial charge >= 0.3 is 5.97 Å². The van der Waals surface area contributed by atoms with Crippen LogP contribution in [0, 0.1) is 6.92 Å². The van der Waals surface area contributed by atoms with Crippen LogP contribution in [0.3, 0.4) is 0 Å². The molecular weight excluding hydrogens is 238 g/mol. The Morgan fingerprint density at radius 2 is 2.05 bits per heavy atom. The summed E-state index contributed by atoms with van der Waals surface area (Å²) in [4.78, 5) is 13.0. The van der Waals surface area contributed by atoms with E-state index in [0.29, 0.717) is 12.5 Å². The zero-order chi connectivity index (χ0) is 13.7. The molecule has 0 amide bonds. The molecule has 0 saturated carbocycles. The van der Waals surface area contributed by atoms with E-state index in [1.54, 1.807) is 0 Å². The highest BCUT2D eigenvalue weighted by Gasteiger charge is 2.25. The number of nitrogens with zero attached hydrogens (tertiary/aromatic N) is 1. The minimum Gasteiger partial charge on any atom is -0.481 e. The quantitative estimate of drug-likeness (QED) is 0.798. The topological polar surface area (TPSA) is 40.5 Å². The Morgan fingerprint density at radius 3 is 2.74 bits per heavy atom. The molecule has 3 heteroatoms. The van der Waals surface area contributed by atoms with Gasteiger partial charge in [0.15, 0.2) is 0 Å². The number of hydrogen-bond donors (Lipinski definition) is 1. The van der Waals surface area contributed by atoms with Crippen LogP contribution in [-0.4, -0.2) is 29.1 Å². The monoisotopic (exact) mass is 261 g/mol. The minimum absolute atomic E-state index is 0.295. The lowest BCUT2D eigenvalue weighted by molar-refractivity contribution is -0.137. The first-order valence-electron chi connectivity index (χ1n) is 7.19. The van der Waals surface area contributed by atoms with Crippen molar-refractivity contribution in [2.24, 2.45) is 0 Å². The van der Waals surface area contributed by atoms with Crippen molar-refractivity contribution in [2.45, 2.75) is 45.1 Å². The SMILES string of the molecule is Cc1ccc(C2CCCN2CCCCC(=O)O)cc1. The van der Waals surface area contributed by atoms with E-state index in [-0.39, 0.29) is 0 Å². The Morgan fingerprint density at radius 1 is 1.32 bits per heavy atom. The van der Waals surface area contributed by atoms with E-state index >= 15 is 0 Å². The summed E-state index contributed by atoms with van der Waals surface area (Å²) >= 11 is 0.